The highest BCUT2D eigenvalue weighted by Gasteiger charge is 2.09. The summed E-state index contributed by atoms with van der Waals surface area (Å²) in [5.41, 5.74) is 2.68. The van der Waals surface area contributed by atoms with Gasteiger partial charge in [-0.3, -0.25) is 4.79 Å². The fraction of sp³-hybridized carbons (Fsp3) is 0.133. The Kier molecular flexibility index (Phi) is 4.99. The number of amides is 1. The third kappa shape index (κ3) is 3.79. The van der Waals surface area contributed by atoms with Crippen LogP contribution >= 0.6 is 38.5 Å². The number of rotatable bonds is 3. The molecule has 0 fully saturated rings. The van der Waals surface area contributed by atoms with Gasteiger partial charge in [0.25, 0.3) is 5.91 Å². The third-order valence-corrected chi connectivity index (χ3v) is 3.95. The lowest BCUT2D eigenvalue weighted by Crippen LogP contribution is -2.13. The fourth-order valence-corrected chi connectivity index (χ4v) is 2.76. The van der Waals surface area contributed by atoms with Crippen LogP contribution in [0.4, 0.5) is 5.69 Å². The van der Waals surface area contributed by atoms with E-state index in [0.29, 0.717) is 5.56 Å². The summed E-state index contributed by atoms with van der Waals surface area (Å²) in [6.45, 7) is 2.08. The second-order valence-electron chi connectivity index (χ2n) is 4.12. The molecule has 4 heteroatoms. The Morgan fingerprint density at radius 1 is 1.26 bits per heavy atom. The minimum Gasteiger partial charge on any atom is -0.322 e. The van der Waals surface area contributed by atoms with E-state index in [9.17, 15) is 4.79 Å². The Bertz CT molecular complexity index is 613. The molecule has 2 rings (SSSR count). The molecule has 2 nitrogen and oxygen atoms in total. The summed E-state index contributed by atoms with van der Waals surface area (Å²) in [6.07, 6.45) is 0.894. The summed E-state index contributed by atoms with van der Waals surface area (Å²) in [6, 6.07) is 13.4. The molecule has 0 atom stereocenters. The third-order valence-electron chi connectivity index (χ3n) is 2.78. The molecule has 0 heterocycles. The minimum atomic E-state index is -0.0859. The molecular formula is C15H13BrINO. The van der Waals surface area contributed by atoms with Crippen LogP contribution in [0.15, 0.2) is 46.9 Å². The summed E-state index contributed by atoms with van der Waals surface area (Å²) in [4.78, 5) is 12.2. The van der Waals surface area contributed by atoms with E-state index < -0.39 is 0 Å². The van der Waals surface area contributed by atoms with Crippen molar-refractivity contribution >= 4 is 50.1 Å². The molecule has 19 heavy (non-hydrogen) atoms. The summed E-state index contributed by atoms with van der Waals surface area (Å²) >= 11 is 5.65. The molecule has 0 aromatic heterocycles. The van der Waals surface area contributed by atoms with Gasteiger partial charge in [0.15, 0.2) is 0 Å². The van der Waals surface area contributed by atoms with Gasteiger partial charge in [-0.15, -0.1) is 0 Å². The molecule has 0 spiro atoms. The number of halogens is 2. The van der Waals surface area contributed by atoms with Gasteiger partial charge in [-0.05, 0) is 71.0 Å². The van der Waals surface area contributed by atoms with Crippen molar-refractivity contribution in [2.45, 2.75) is 13.3 Å². The van der Waals surface area contributed by atoms with Crippen molar-refractivity contribution in [2.24, 2.45) is 0 Å². The lowest BCUT2D eigenvalue weighted by atomic mass is 10.1. The molecule has 0 radical (unpaired) electrons. The van der Waals surface area contributed by atoms with Crippen molar-refractivity contribution in [2.75, 3.05) is 5.32 Å². The largest absolute Gasteiger partial charge is 0.322 e. The number of carbonyl (C=O) groups excluding carboxylic acids is 1. The molecule has 1 N–H and O–H groups in total. The van der Waals surface area contributed by atoms with Crippen LogP contribution in [0.1, 0.15) is 22.8 Å². The van der Waals surface area contributed by atoms with Crippen molar-refractivity contribution in [1.29, 1.82) is 0 Å². The number of carbonyl (C=O) groups is 1. The van der Waals surface area contributed by atoms with Crippen LogP contribution in [0, 0.1) is 3.57 Å². The monoisotopic (exact) mass is 429 g/mol. The molecule has 0 aliphatic carbocycles. The Morgan fingerprint density at radius 3 is 2.74 bits per heavy atom. The minimum absolute atomic E-state index is 0.0859. The highest BCUT2D eigenvalue weighted by Crippen LogP contribution is 2.21. The second kappa shape index (κ2) is 6.52. The van der Waals surface area contributed by atoms with Gasteiger partial charge in [0.1, 0.15) is 0 Å². The van der Waals surface area contributed by atoms with Gasteiger partial charge in [0, 0.05) is 19.3 Å². The number of nitrogens with one attached hydrogen (secondary N) is 1. The molecular weight excluding hydrogens is 417 g/mol. The average Bonchev–Trinajstić information content (AvgIpc) is 2.40. The maximum absolute atomic E-state index is 12.2. The summed E-state index contributed by atoms with van der Waals surface area (Å²) in [7, 11) is 0. The number of hydrogen-bond acceptors (Lipinski definition) is 1. The molecule has 0 saturated carbocycles. The molecule has 0 bridgehead atoms. The maximum Gasteiger partial charge on any atom is 0.255 e. The number of benzene rings is 2. The zero-order valence-corrected chi connectivity index (χ0v) is 14.2. The Labute approximate surface area is 134 Å². The first-order valence-electron chi connectivity index (χ1n) is 5.95. The highest BCUT2D eigenvalue weighted by atomic mass is 127. The van der Waals surface area contributed by atoms with Crippen molar-refractivity contribution in [3.05, 3.63) is 61.6 Å². The van der Waals surface area contributed by atoms with E-state index in [2.05, 4.69) is 56.8 Å². The van der Waals surface area contributed by atoms with Crippen molar-refractivity contribution < 1.29 is 4.79 Å². The number of aryl methyl sites for hydroxylation is 1. The maximum atomic E-state index is 12.2. The fourth-order valence-electron chi connectivity index (χ4n) is 1.80. The van der Waals surface area contributed by atoms with Crippen LogP contribution in [-0.4, -0.2) is 5.91 Å². The van der Waals surface area contributed by atoms with Crippen molar-refractivity contribution in [1.82, 2.24) is 0 Å². The molecule has 0 aliphatic heterocycles. The van der Waals surface area contributed by atoms with E-state index in [1.807, 2.05) is 30.3 Å². The van der Waals surface area contributed by atoms with Gasteiger partial charge in [-0.2, -0.15) is 0 Å². The van der Waals surface area contributed by atoms with Gasteiger partial charge >= 0.3 is 0 Å². The first kappa shape index (κ1) is 14.5. The number of hydrogen-bond donors (Lipinski definition) is 1. The van der Waals surface area contributed by atoms with Gasteiger partial charge in [-0.1, -0.05) is 28.9 Å². The first-order chi connectivity index (χ1) is 9.10. The first-order valence-corrected chi connectivity index (χ1v) is 7.82. The zero-order chi connectivity index (χ0) is 13.8. The zero-order valence-electron chi connectivity index (χ0n) is 10.4. The normalized spacial score (nSPS) is 10.3. The summed E-state index contributed by atoms with van der Waals surface area (Å²) in [5.74, 6) is -0.0859. The van der Waals surface area contributed by atoms with Gasteiger partial charge in [0.05, 0.1) is 0 Å². The van der Waals surface area contributed by atoms with E-state index in [4.69, 9.17) is 0 Å². The molecule has 98 valence electrons. The quantitative estimate of drug-likeness (QED) is 0.693. The summed E-state index contributed by atoms with van der Waals surface area (Å²) < 4.78 is 2.08. The van der Waals surface area contributed by atoms with Crippen LogP contribution in [-0.2, 0) is 6.42 Å². The van der Waals surface area contributed by atoms with Gasteiger partial charge in [0.2, 0.25) is 0 Å². The van der Waals surface area contributed by atoms with Crippen LogP contribution in [0.25, 0.3) is 0 Å². The van der Waals surface area contributed by atoms with E-state index in [0.717, 1.165) is 22.1 Å². The topological polar surface area (TPSA) is 29.1 Å². The van der Waals surface area contributed by atoms with Gasteiger partial charge < -0.3 is 5.32 Å². The molecule has 2 aromatic rings. The Balaban J connectivity index is 2.24. The smallest absolute Gasteiger partial charge is 0.255 e. The number of anilines is 1. The van der Waals surface area contributed by atoms with Gasteiger partial charge in [-0.25, -0.2) is 0 Å². The molecule has 1 amide bonds. The Morgan fingerprint density at radius 2 is 2.05 bits per heavy atom. The van der Waals surface area contributed by atoms with E-state index in [1.54, 1.807) is 6.07 Å². The SMILES string of the molecule is CCc1cc(I)ccc1NC(=O)c1cccc(Br)c1. The molecule has 0 unspecified atom stereocenters. The average molecular weight is 430 g/mol. The lowest BCUT2D eigenvalue weighted by Gasteiger charge is -2.10. The van der Waals surface area contributed by atoms with E-state index >= 15 is 0 Å². The van der Waals surface area contributed by atoms with Crippen LogP contribution in [0.5, 0.6) is 0 Å². The molecule has 0 aliphatic rings. The lowest BCUT2D eigenvalue weighted by molar-refractivity contribution is 0.102. The van der Waals surface area contributed by atoms with Crippen LogP contribution in [0.2, 0.25) is 0 Å². The van der Waals surface area contributed by atoms with Crippen molar-refractivity contribution in [3.63, 3.8) is 0 Å². The Hall–Kier alpha value is -0.880. The van der Waals surface area contributed by atoms with E-state index in [-0.39, 0.29) is 5.91 Å². The van der Waals surface area contributed by atoms with E-state index in [1.165, 1.54) is 3.57 Å². The molecule has 0 saturated heterocycles. The standard InChI is InChI=1S/C15H13BrINO/c1-2-10-9-13(17)6-7-14(10)18-15(19)11-4-3-5-12(16)8-11/h3-9H,2H2,1H3,(H,18,19). The predicted molar refractivity (Wildman–Crippen MR) is 90.6 cm³/mol. The van der Waals surface area contributed by atoms with Crippen LogP contribution in [0.3, 0.4) is 0 Å². The predicted octanol–water partition coefficient (Wildman–Crippen LogP) is 4.87. The van der Waals surface area contributed by atoms with Crippen molar-refractivity contribution in [3.8, 4) is 0 Å². The summed E-state index contributed by atoms with van der Waals surface area (Å²) in [5, 5.41) is 2.97. The second-order valence-corrected chi connectivity index (χ2v) is 6.28. The van der Waals surface area contributed by atoms with Crippen LogP contribution < -0.4 is 5.32 Å². The molecule has 2 aromatic carbocycles. The highest BCUT2D eigenvalue weighted by molar-refractivity contribution is 14.1.